The molecule has 0 amide bonds. The molecule has 6 heteroatoms. The molecule has 22 heavy (non-hydrogen) atoms. The number of hydrogen-bond acceptors (Lipinski definition) is 5. The molecule has 1 heterocycles. The van der Waals surface area contributed by atoms with Gasteiger partial charge in [-0.3, -0.25) is 4.18 Å². The van der Waals surface area contributed by atoms with Crippen LogP contribution in [0.4, 0.5) is 11.4 Å². The molecular formula is C16H17NO3S2. The van der Waals surface area contributed by atoms with Crippen molar-refractivity contribution in [2.24, 2.45) is 0 Å². The molecular weight excluding hydrogens is 318 g/mol. The smallest absolute Gasteiger partial charge is 0.264 e. The Morgan fingerprint density at radius 3 is 2.05 bits per heavy atom. The van der Waals surface area contributed by atoms with Crippen LogP contribution in [0.15, 0.2) is 58.3 Å². The summed E-state index contributed by atoms with van der Waals surface area (Å²) in [5, 5.41) is 0. The first-order valence-electron chi connectivity index (χ1n) is 6.96. The third kappa shape index (κ3) is 3.29. The Balaban J connectivity index is 1.96. The molecule has 0 fully saturated rings. The van der Waals surface area contributed by atoms with Gasteiger partial charge in [0.1, 0.15) is 0 Å². The molecule has 0 radical (unpaired) electrons. The lowest BCUT2D eigenvalue weighted by Gasteiger charge is -2.34. The first kappa shape index (κ1) is 15.4. The molecule has 116 valence electrons. The highest BCUT2D eigenvalue weighted by Gasteiger charge is 2.25. The van der Waals surface area contributed by atoms with Crippen molar-refractivity contribution in [2.45, 2.75) is 22.8 Å². The lowest BCUT2D eigenvalue weighted by molar-refractivity contribution is 0.238. The van der Waals surface area contributed by atoms with Gasteiger partial charge in [-0.15, -0.1) is 0 Å². The largest absolute Gasteiger partial charge is 0.337 e. The predicted octanol–water partition coefficient (Wildman–Crippen LogP) is 3.65. The van der Waals surface area contributed by atoms with E-state index in [0.717, 1.165) is 27.4 Å². The first-order chi connectivity index (χ1) is 10.4. The summed E-state index contributed by atoms with van der Waals surface area (Å²) in [6.45, 7) is 2.25. The highest BCUT2D eigenvalue weighted by Crippen LogP contribution is 2.47. The number of nitrogens with zero attached hydrogens (tertiary/aromatic N) is 1. The minimum absolute atomic E-state index is 0.431. The Bertz CT molecular complexity index is 744. The second-order valence-corrected chi connectivity index (χ2v) is 7.94. The molecule has 1 aliphatic heterocycles. The maximum absolute atomic E-state index is 11.3. The van der Waals surface area contributed by atoms with Crippen molar-refractivity contribution in [3.8, 4) is 0 Å². The predicted molar refractivity (Wildman–Crippen MR) is 89.4 cm³/mol. The van der Waals surface area contributed by atoms with Gasteiger partial charge < -0.3 is 4.90 Å². The Morgan fingerprint density at radius 2 is 1.55 bits per heavy atom. The average Bonchev–Trinajstić information content (AvgIpc) is 2.45. The van der Waals surface area contributed by atoms with E-state index in [2.05, 4.69) is 17.0 Å². The van der Waals surface area contributed by atoms with Gasteiger partial charge in [0.05, 0.1) is 30.3 Å². The lowest BCUT2D eigenvalue weighted by atomic mass is 10.2. The van der Waals surface area contributed by atoms with Crippen molar-refractivity contribution in [1.82, 2.24) is 0 Å². The van der Waals surface area contributed by atoms with E-state index in [-0.39, 0.29) is 0 Å². The van der Waals surface area contributed by atoms with Gasteiger partial charge in [0, 0.05) is 9.79 Å². The zero-order chi connectivity index (χ0) is 15.7. The zero-order valence-corrected chi connectivity index (χ0v) is 14.0. The molecule has 0 aliphatic carbocycles. The fourth-order valence-electron chi connectivity index (χ4n) is 2.56. The highest BCUT2D eigenvalue weighted by molar-refractivity contribution is 7.99. The maximum atomic E-state index is 11.3. The fraction of sp³-hybridized carbons (Fsp3) is 0.250. The van der Waals surface area contributed by atoms with Gasteiger partial charge in [-0.2, -0.15) is 8.42 Å². The van der Waals surface area contributed by atoms with Crippen LogP contribution in [-0.4, -0.2) is 27.3 Å². The van der Waals surface area contributed by atoms with Crippen LogP contribution in [0.2, 0.25) is 0 Å². The van der Waals surface area contributed by atoms with Gasteiger partial charge in [0.2, 0.25) is 0 Å². The Labute approximate surface area is 135 Å². The summed E-state index contributed by atoms with van der Waals surface area (Å²) in [6.07, 6.45) is 0.650. The molecule has 1 aliphatic rings. The fourth-order valence-corrected chi connectivity index (χ4v) is 4.32. The van der Waals surface area contributed by atoms with Crippen LogP contribution in [0.1, 0.15) is 6.92 Å². The van der Waals surface area contributed by atoms with E-state index >= 15 is 0 Å². The van der Waals surface area contributed by atoms with Crippen LogP contribution in [0.25, 0.3) is 0 Å². The quantitative estimate of drug-likeness (QED) is 0.798. The van der Waals surface area contributed by atoms with Crippen LogP contribution in [-0.2, 0) is 14.3 Å². The second-order valence-electron chi connectivity index (χ2n) is 5.26. The van der Waals surface area contributed by atoms with Crippen LogP contribution in [0.5, 0.6) is 0 Å². The third-order valence-electron chi connectivity index (χ3n) is 3.31. The monoisotopic (exact) mass is 335 g/mol. The van der Waals surface area contributed by atoms with Crippen molar-refractivity contribution in [3.05, 3.63) is 48.5 Å². The molecule has 0 bridgehead atoms. The van der Waals surface area contributed by atoms with Crippen LogP contribution < -0.4 is 4.90 Å². The molecule has 1 atom stereocenters. The Kier molecular flexibility index (Phi) is 4.16. The van der Waals surface area contributed by atoms with E-state index in [9.17, 15) is 8.42 Å². The molecule has 0 aromatic heterocycles. The van der Waals surface area contributed by atoms with Gasteiger partial charge in [-0.05, 0) is 31.2 Å². The number of hydrogen-bond donors (Lipinski definition) is 0. The summed E-state index contributed by atoms with van der Waals surface area (Å²) in [5.74, 6) is 0. The van der Waals surface area contributed by atoms with Gasteiger partial charge >= 0.3 is 0 Å². The maximum Gasteiger partial charge on any atom is 0.264 e. The zero-order valence-electron chi connectivity index (χ0n) is 12.4. The standard InChI is InChI=1S/C16H17NO3S2/c1-12(20-22(2,18)19)11-17-13-7-3-5-9-15(13)21-16-10-6-4-8-14(16)17/h3-10,12H,11H2,1-2H3/t12-/m1/s1. The van der Waals surface area contributed by atoms with Gasteiger partial charge in [-0.1, -0.05) is 36.0 Å². The molecule has 2 aromatic carbocycles. The first-order valence-corrected chi connectivity index (χ1v) is 9.59. The Hall–Kier alpha value is -1.50. The SMILES string of the molecule is C[C@H](CN1c2ccccc2Sc2ccccc21)OS(C)(=O)=O. The molecule has 0 saturated heterocycles. The minimum Gasteiger partial charge on any atom is -0.337 e. The van der Waals surface area contributed by atoms with Crippen molar-refractivity contribution >= 4 is 33.3 Å². The topological polar surface area (TPSA) is 46.6 Å². The van der Waals surface area contributed by atoms with Crippen molar-refractivity contribution in [3.63, 3.8) is 0 Å². The Morgan fingerprint density at radius 1 is 1.05 bits per heavy atom. The number of fused-ring (bicyclic) bond motifs is 2. The number of para-hydroxylation sites is 2. The normalized spacial score (nSPS) is 15.1. The van der Waals surface area contributed by atoms with Crippen molar-refractivity contribution in [2.75, 3.05) is 17.7 Å². The molecule has 0 saturated carbocycles. The van der Waals surface area contributed by atoms with Crippen molar-refractivity contribution in [1.29, 1.82) is 0 Å². The number of anilines is 2. The van der Waals surface area contributed by atoms with Crippen molar-refractivity contribution < 1.29 is 12.6 Å². The number of rotatable bonds is 4. The summed E-state index contributed by atoms with van der Waals surface area (Å²) in [6, 6.07) is 16.2. The lowest BCUT2D eigenvalue weighted by Crippen LogP contribution is -2.31. The minimum atomic E-state index is -3.46. The van der Waals surface area contributed by atoms with E-state index in [4.69, 9.17) is 4.18 Å². The van der Waals surface area contributed by atoms with E-state index in [1.165, 1.54) is 0 Å². The average molecular weight is 335 g/mol. The molecule has 0 unspecified atom stereocenters. The van der Waals surface area contributed by atoms with Gasteiger partial charge in [0.15, 0.2) is 0 Å². The molecule has 3 rings (SSSR count). The molecule has 2 aromatic rings. The second kappa shape index (κ2) is 5.95. The van der Waals surface area contributed by atoms with Crippen LogP contribution >= 0.6 is 11.8 Å². The summed E-state index contributed by atoms with van der Waals surface area (Å²) in [7, 11) is -3.46. The van der Waals surface area contributed by atoms with Crippen LogP contribution in [0, 0.1) is 0 Å². The van der Waals surface area contributed by atoms with Gasteiger partial charge in [0.25, 0.3) is 10.1 Å². The van der Waals surface area contributed by atoms with E-state index < -0.39 is 16.2 Å². The summed E-state index contributed by atoms with van der Waals surface area (Å²) < 4.78 is 27.8. The van der Waals surface area contributed by atoms with E-state index in [0.29, 0.717) is 6.54 Å². The van der Waals surface area contributed by atoms with Crippen LogP contribution in [0.3, 0.4) is 0 Å². The summed E-state index contributed by atoms with van der Waals surface area (Å²) in [4.78, 5) is 4.44. The van der Waals surface area contributed by atoms with E-state index in [1.54, 1.807) is 18.7 Å². The number of benzene rings is 2. The summed E-state index contributed by atoms with van der Waals surface area (Å²) in [5.41, 5.74) is 2.16. The molecule has 0 spiro atoms. The molecule has 0 N–H and O–H groups in total. The molecule has 4 nitrogen and oxygen atoms in total. The van der Waals surface area contributed by atoms with E-state index in [1.807, 2.05) is 36.4 Å². The highest BCUT2D eigenvalue weighted by atomic mass is 32.2. The third-order valence-corrected chi connectivity index (χ3v) is 5.12. The summed E-state index contributed by atoms with van der Waals surface area (Å²) >= 11 is 1.73. The van der Waals surface area contributed by atoms with Gasteiger partial charge in [-0.25, -0.2) is 0 Å².